The molecule has 0 saturated carbocycles. The summed E-state index contributed by atoms with van der Waals surface area (Å²) >= 11 is 0. The van der Waals surface area contributed by atoms with Gasteiger partial charge in [-0.15, -0.1) is 0 Å². The van der Waals surface area contributed by atoms with E-state index in [-0.39, 0.29) is 6.54 Å². The highest BCUT2D eigenvalue weighted by atomic mass is 19.4. The summed E-state index contributed by atoms with van der Waals surface area (Å²) in [5.41, 5.74) is -0.990. The fourth-order valence-electron chi connectivity index (χ4n) is 1.90. The Morgan fingerprint density at radius 3 is 2.57 bits per heavy atom. The summed E-state index contributed by atoms with van der Waals surface area (Å²) in [4.78, 5) is 12.9. The second-order valence-corrected chi connectivity index (χ2v) is 4.64. The molecule has 1 unspecified atom stereocenters. The van der Waals surface area contributed by atoms with Crippen LogP contribution >= 0.6 is 0 Å². The highest BCUT2D eigenvalue weighted by Gasteiger charge is 2.33. The van der Waals surface area contributed by atoms with Crippen molar-refractivity contribution in [2.24, 2.45) is 5.92 Å². The minimum atomic E-state index is -4.57. The van der Waals surface area contributed by atoms with Gasteiger partial charge in [-0.05, 0) is 18.2 Å². The van der Waals surface area contributed by atoms with E-state index in [2.05, 4.69) is 4.74 Å². The number of hydrogen-bond acceptors (Lipinski definition) is 4. The number of anilines is 1. The molecule has 4 nitrogen and oxygen atoms in total. The Kier molecular flexibility index (Phi) is 5.19. The molecule has 1 aromatic rings. The molecule has 0 heterocycles. The number of rotatable bonds is 4. The number of carbonyl (C=O) groups excluding carboxylic acids is 1. The maximum absolute atomic E-state index is 12.7. The Labute approximate surface area is 120 Å². The van der Waals surface area contributed by atoms with Crippen LogP contribution in [0, 0.1) is 17.2 Å². The molecule has 0 bridgehead atoms. The third-order valence-electron chi connectivity index (χ3n) is 3.02. The summed E-state index contributed by atoms with van der Waals surface area (Å²) in [7, 11) is 2.90. The van der Waals surface area contributed by atoms with Crippen molar-refractivity contribution in [1.82, 2.24) is 0 Å². The lowest BCUT2D eigenvalue weighted by atomic mass is 10.1. The fraction of sp³-hybridized carbons (Fsp3) is 0.429. The molecule has 1 atom stereocenters. The first-order valence-corrected chi connectivity index (χ1v) is 6.11. The molecule has 0 aliphatic carbocycles. The van der Waals surface area contributed by atoms with Crippen molar-refractivity contribution in [3.63, 3.8) is 0 Å². The number of methoxy groups -OCH3 is 1. The zero-order valence-electron chi connectivity index (χ0n) is 11.9. The molecule has 1 aromatic carbocycles. The van der Waals surface area contributed by atoms with Crippen molar-refractivity contribution in [2.75, 3.05) is 25.6 Å². The van der Waals surface area contributed by atoms with Gasteiger partial charge in [0.05, 0.1) is 30.2 Å². The van der Waals surface area contributed by atoms with Crippen LogP contribution in [0.5, 0.6) is 0 Å². The molecule has 0 aromatic heterocycles. The summed E-state index contributed by atoms with van der Waals surface area (Å²) in [6.45, 7) is 1.92. The number of benzene rings is 1. The van der Waals surface area contributed by atoms with Crippen LogP contribution in [-0.4, -0.2) is 26.7 Å². The first kappa shape index (κ1) is 16.8. The number of alkyl halides is 3. The van der Waals surface area contributed by atoms with Gasteiger partial charge in [-0.3, -0.25) is 4.79 Å². The molecule has 7 heteroatoms. The zero-order valence-corrected chi connectivity index (χ0v) is 11.9. The lowest BCUT2D eigenvalue weighted by Gasteiger charge is -2.23. The molecule has 0 N–H and O–H groups in total. The number of carbonyl (C=O) groups is 1. The molecule has 114 valence electrons. The van der Waals surface area contributed by atoms with Gasteiger partial charge in [0.2, 0.25) is 0 Å². The Hall–Kier alpha value is -2.23. The van der Waals surface area contributed by atoms with Crippen LogP contribution in [0.3, 0.4) is 0 Å². The van der Waals surface area contributed by atoms with E-state index >= 15 is 0 Å². The van der Waals surface area contributed by atoms with E-state index in [4.69, 9.17) is 5.26 Å². The topological polar surface area (TPSA) is 53.3 Å². The highest BCUT2D eigenvalue weighted by molar-refractivity contribution is 5.72. The van der Waals surface area contributed by atoms with Gasteiger partial charge >= 0.3 is 12.1 Å². The van der Waals surface area contributed by atoms with Gasteiger partial charge in [-0.1, -0.05) is 6.92 Å². The van der Waals surface area contributed by atoms with Gasteiger partial charge < -0.3 is 9.64 Å². The van der Waals surface area contributed by atoms with Gasteiger partial charge in [0.15, 0.2) is 0 Å². The van der Waals surface area contributed by atoms with Gasteiger partial charge in [0, 0.05) is 19.3 Å². The van der Waals surface area contributed by atoms with Crippen molar-refractivity contribution < 1.29 is 22.7 Å². The third kappa shape index (κ3) is 4.12. The van der Waals surface area contributed by atoms with Crippen LogP contribution in [0.4, 0.5) is 18.9 Å². The third-order valence-corrected chi connectivity index (χ3v) is 3.02. The maximum atomic E-state index is 12.7. The molecular weight excluding hydrogens is 285 g/mol. The predicted octanol–water partition coefficient (Wildman–Crippen LogP) is 2.82. The van der Waals surface area contributed by atoms with Crippen molar-refractivity contribution in [2.45, 2.75) is 13.1 Å². The molecule has 0 fully saturated rings. The fourth-order valence-corrected chi connectivity index (χ4v) is 1.90. The summed E-state index contributed by atoms with van der Waals surface area (Å²) in [5, 5.41) is 8.85. The summed E-state index contributed by atoms with van der Waals surface area (Å²) in [5.74, 6) is -0.845. The number of nitrogens with zero attached hydrogens (tertiary/aromatic N) is 2. The van der Waals surface area contributed by atoms with Gasteiger partial charge in [0.1, 0.15) is 0 Å². The largest absolute Gasteiger partial charge is 0.469 e. The monoisotopic (exact) mass is 300 g/mol. The van der Waals surface area contributed by atoms with E-state index in [1.165, 1.54) is 13.2 Å². The van der Waals surface area contributed by atoms with E-state index in [9.17, 15) is 18.0 Å². The van der Waals surface area contributed by atoms with Crippen LogP contribution in [0.25, 0.3) is 0 Å². The first-order valence-electron chi connectivity index (χ1n) is 6.11. The lowest BCUT2D eigenvalue weighted by molar-refractivity contribution is -0.144. The lowest BCUT2D eigenvalue weighted by Crippen LogP contribution is -2.29. The number of hydrogen-bond donors (Lipinski definition) is 0. The maximum Gasteiger partial charge on any atom is 0.417 e. The normalized spacial score (nSPS) is 12.4. The van der Waals surface area contributed by atoms with Crippen LogP contribution < -0.4 is 4.90 Å². The van der Waals surface area contributed by atoms with E-state index in [1.807, 2.05) is 0 Å². The van der Waals surface area contributed by atoms with Crippen molar-refractivity contribution in [3.05, 3.63) is 29.3 Å². The number of nitriles is 1. The quantitative estimate of drug-likeness (QED) is 0.802. The van der Waals surface area contributed by atoms with E-state index in [0.717, 1.165) is 12.1 Å². The molecule has 0 spiro atoms. The summed E-state index contributed by atoms with van der Waals surface area (Å²) in [6, 6.07) is 4.85. The second kappa shape index (κ2) is 6.48. The predicted molar refractivity (Wildman–Crippen MR) is 70.6 cm³/mol. The van der Waals surface area contributed by atoms with E-state index < -0.39 is 29.2 Å². The molecule has 21 heavy (non-hydrogen) atoms. The van der Waals surface area contributed by atoms with E-state index in [1.54, 1.807) is 24.9 Å². The smallest absolute Gasteiger partial charge is 0.417 e. The van der Waals surface area contributed by atoms with E-state index in [0.29, 0.717) is 5.69 Å². The number of halogens is 3. The molecule has 0 amide bonds. The SMILES string of the molecule is COC(=O)C(C)CN(C)c1ccc(C(F)(F)F)c(C#N)c1. The molecular formula is C14H15F3N2O2. The Bertz CT molecular complexity index is 564. The van der Waals surface area contributed by atoms with Gasteiger partial charge in [0.25, 0.3) is 0 Å². The zero-order chi connectivity index (χ0) is 16.2. The molecule has 0 radical (unpaired) electrons. The summed E-state index contributed by atoms with van der Waals surface area (Å²) in [6.07, 6.45) is -4.57. The van der Waals surface area contributed by atoms with Crippen molar-refractivity contribution in [1.29, 1.82) is 5.26 Å². The Balaban J connectivity index is 3.00. The van der Waals surface area contributed by atoms with Crippen LogP contribution in [0.1, 0.15) is 18.1 Å². The second-order valence-electron chi connectivity index (χ2n) is 4.64. The average molecular weight is 300 g/mol. The highest BCUT2D eigenvalue weighted by Crippen LogP contribution is 2.33. The minimum Gasteiger partial charge on any atom is -0.469 e. The average Bonchev–Trinajstić information content (AvgIpc) is 2.44. The molecule has 1 rings (SSSR count). The molecule has 0 aliphatic rings. The number of ether oxygens (including phenoxy) is 1. The Morgan fingerprint density at radius 1 is 1.48 bits per heavy atom. The first-order chi connectivity index (χ1) is 9.70. The Morgan fingerprint density at radius 2 is 2.10 bits per heavy atom. The molecule has 0 aliphatic heterocycles. The number of esters is 1. The van der Waals surface area contributed by atoms with Crippen molar-refractivity contribution in [3.8, 4) is 6.07 Å². The van der Waals surface area contributed by atoms with Gasteiger partial charge in [-0.25, -0.2) is 0 Å². The van der Waals surface area contributed by atoms with Gasteiger partial charge in [-0.2, -0.15) is 18.4 Å². The minimum absolute atomic E-state index is 0.267. The van der Waals surface area contributed by atoms with Crippen LogP contribution in [0.15, 0.2) is 18.2 Å². The standard InChI is InChI=1S/C14H15F3N2O2/c1-9(13(20)21-3)8-19(2)11-4-5-12(14(15,16)17)10(6-11)7-18/h4-6,9H,8H2,1-3H3. The molecule has 0 saturated heterocycles. The van der Waals surface area contributed by atoms with Crippen molar-refractivity contribution >= 4 is 11.7 Å². The van der Waals surface area contributed by atoms with Crippen LogP contribution in [-0.2, 0) is 15.7 Å². The van der Waals surface area contributed by atoms with Crippen LogP contribution in [0.2, 0.25) is 0 Å². The summed E-state index contributed by atoms with van der Waals surface area (Å²) < 4.78 is 42.7.